The second kappa shape index (κ2) is 8.29. The molecule has 0 atom stereocenters. The van der Waals surface area contributed by atoms with Crippen LogP contribution in [0.2, 0.25) is 0 Å². The molecule has 170 valence electrons. The SMILES string of the molecule is COc1ccc(-n2cnc3cnc(-c4ccc(-c5ccccc5S(N)(=O)=O)cc4)c(O)c32)cc1. The van der Waals surface area contributed by atoms with Crippen molar-refractivity contribution in [1.82, 2.24) is 14.5 Å². The smallest absolute Gasteiger partial charge is 0.238 e. The van der Waals surface area contributed by atoms with Crippen molar-refractivity contribution in [2.75, 3.05) is 7.11 Å². The molecule has 0 amide bonds. The van der Waals surface area contributed by atoms with Gasteiger partial charge in [-0.1, -0.05) is 42.5 Å². The molecule has 8 nitrogen and oxygen atoms in total. The van der Waals surface area contributed by atoms with Crippen LogP contribution in [0.3, 0.4) is 0 Å². The predicted octanol–water partition coefficient (Wildman–Crippen LogP) is 4.12. The van der Waals surface area contributed by atoms with Gasteiger partial charge in [-0.15, -0.1) is 0 Å². The Morgan fingerprint density at radius 1 is 0.912 bits per heavy atom. The van der Waals surface area contributed by atoms with Crippen LogP contribution in [0.4, 0.5) is 0 Å². The zero-order valence-electron chi connectivity index (χ0n) is 18.1. The summed E-state index contributed by atoms with van der Waals surface area (Å²) in [7, 11) is -2.27. The number of aromatic nitrogens is 3. The number of pyridine rings is 1. The number of nitrogens with two attached hydrogens (primary N) is 1. The summed E-state index contributed by atoms with van der Waals surface area (Å²) in [4.78, 5) is 8.82. The van der Waals surface area contributed by atoms with Crippen LogP contribution in [0, 0.1) is 0 Å². The van der Waals surface area contributed by atoms with E-state index in [4.69, 9.17) is 9.88 Å². The summed E-state index contributed by atoms with van der Waals surface area (Å²) in [6, 6.07) is 21.0. The van der Waals surface area contributed by atoms with E-state index < -0.39 is 10.0 Å². The zero-order valence-corrected chi connectivity index (χ0v) is 18.9. The monoisotopic (exact) mass is 472 g/mol. The molecule has 3 N–H and O–H groups in total. The van der Waals surface area contributed by atoms with Gasteiger partial charge in [0.2, 0.25) is 10.0 Å². The van der Waals surface area contributed by atoms with Gasteiger partial charge in [0, 0.05) is 16.8 Å². The van der Waals surface area contributed by atoms with Gasteiger partial charge < -0.3 is 9.84 Å². The number of hydrogen-bond acceptors (Lipinski definition) is 6. The summed E-state index contributed by atoms with van der Waals surface area (Å²) in [6.45, 7) is 0. The van der Waals surface area contributed by atoms with E-state index in [0.29, 0.717) is 33.4 Å². The second-order valence-corrected chi connectivity index (χ2v) is 9.15. The number of sulfonamides is 1. The molecular weight excluding hydrogens is 452 g/mol. The van der Waals surface area contributed by atoms with Crippen molar-refractivity contribution < 1.29 is 18.3 Å². The molecule has 34 heavy (non-hydrogen) atoms. The molecule has 2 heterocycles. The van der Waals surface area contributed by atoms with E-state index in [1.54, 1.807) is 66.7 Å². The Bertz CT molecular complexity index is 1610. The molecule has 2 aromatic heterocycles. The minimum atomic E-state index is -3.87. The minimum absolute atomic E-state index is 0.0106. The molecule has 5 aromatic rings. The standard InChI is InChI=1S/C25H20N4O4S/c1-33-19-12-10-18(11-13-19)29-15-28-21-14-27-23(25(30)24(21)29)17-8-6-16(7-9-17)20-4-2-3-5-22(20)34(26,31)32/h2-15,30H,1H3,(H2,26,31,32). The van der Waals surface area contributed by atoms with Crippen LogP contribution in [0.25, 0.3) is 39.1 Å². The Kier molecular flexibility index (Phi) is 5.27. The summed E-state index contributed by atoms with van der Waals surface area (Å²) < 4.78 is 30.9. The molecule has 0 saturated carbocycles. The molecule has 0 aliphatic rings. The molecule has 0 aliphatic carbocycles. The van der Waals surface area contributed by atoms with Gasteiger partial charge in [-0.05, 0) is 35.9 Å². The predicted molar refractivity (Wildman–Crippen MR) is 129 cm³/mol. The topological polar surface area (TPSA) is 120 Å². The highest BCUT2D eigenvalue weighted by molar-refractivity contribution is 7.89. The van der Waals surface area contributed by atoms with Crippen molar-refractivity contribution in [2.24, 2.45) is 5.14 Å². The Balaban J connectivity index is 1.57. The Morgan fingerprint density at radius 2 is 1.59 bits per heavy atom. The minimum Gasteiger partial charge on any atom is -0.504 e. The van der Waals surface area contributed by atoms with Gasteiger partial charge in [-0.2, -0.15) is 0 Å². The van der Waals surface area contributed by atoms with Crippen LogP contribution in [0.5, 0.6) is 11.5 Å². The van der Waals surface area contributed by atoms with E-state index in [-0.39, 0.29) is 10.6 Å². The van der Waals surface area contributed by atoms with Crippen molar-refractivity contribution in [2.45, 2.75) is 4.90 Å². The number of fused-ring (bicyclic) bond motifs is 1. The number of methoxy groups -OCH3 is 1. The number of aromatic hydroxyl groups is 1. The van der Waals surface area contributed by atoms with Crippen molar-refractivity contribution >= 4 is 21.1 Å². The van der Waals surface area contributed by atoms with Crippen LogP contribution in [-0.2, 0) is 10.0 Å². The number of nitrogens with zero attached hydrogens (tertiary/aromatic N) is 3. The molecule has 0 radical (unpaired) electrons. The maximum Gasteiger partial charge on any atom is 0.238 e. The van der Waals surface area contributed by atoms with Crippen LogP contribution < -0.4 is 9.88 Å². The number of benzene rings is 3. The number of primary sulfonamides is 1. The van der Waals surface area contributed by atoms with Crippen LogP contribution in [-0.4, -0.2) is 35.2 Å². The molecule has 0 unspecified atom stereocenters. The lowest BCUT2D eigenvalue weighted by molar-refractivity contribution is 0.415. The quantitative estimate of drug-likeness (QED) is 0.397. The third-order valence-corrected chi connectivity index (χ3v) is 6.54. The lowest BCUT2D eigenvalue weighted by atomic mass is 10.0. The molecule has 0 aliphatic heterocycles. The fourth-order valence-corrected chi connectivity index (χ4v) is 4.66. The summed E-state index contributed by atoms with van der Waals surface area (Å²) in [5.41, 5.74) is 4.12. The first-order valence-corrected chi connectivity index (χ1v) is 11.8. The normalized spacial score (nSPS) is 11.6. The first-order valence-electron chi connectivity index (χ1n) is 10.3. The van der Waals surface area contributed by atoms with Gasteiger partial charge >= 0.3 is 0 Å². The van der Waals surface area contributed by atoms with Crippen molar-refractivity contribution in [3.05, 3.63) is 85.3 Å². The number of rotatable bonds is 5. The highest BCUT2D eigenvalue weighted by Crippen LogP contribution is 2.36. The summed E-state index contributed by atoms with van der Waals surface area (Å²) in [5.74, 6) is 0.715. The van der Waals surface area contributed by atoms with Gasteiger partial charge in [0.25, 0.3) is 0 Å². The summed E-state index contributed by atoms with van der Waals surface area (Å²) in [6.07, 6.45) is 3.24. The van der Waals surface area contributed by atoms with Crippen molar-refractivity contribution in [3.8, 4) is 39.6 Å². The van der Waals surface area contributed by atoms with Crippen molar-refractivity contribution in [3.63, 3.8) is 0 Å². The maximum absolute atomic E-state index is 12.0. The fourth-order valence-electron chi connectivity index (χ4n) is 3.90. The first kappa shape index (κ1) is 21.6. The van der Waals surface area contributed by atoms with E-state index >= 15 is 0 Å². The van der Waals surface area contributed by atoms with E-state index in [1.807, 2.05) is 24.3 Å². The Labute approximate surface area is 196 Å². The molecule has 0 saturated heterocycles. The average Bonchev–Trinajstić information content (AvgIpc) is 3.29. The first-order chi connectivity index (χ1) is 16.4. The summed E-state index contributed by atoms with van der Waals surface area (Å²) >= 11 is 0. The van der Waals surface area contributed by atoms with E-state index in [2.05, 4.69) is 9.97 Å². The van der Waals surface area contributed by atoms with Gasteiger partial charge in [0.1, 0.15) is 28.8 Å². The Morgan fingerprint density at radius 3 is 2.26 bits per heavy atom. The number of imidazole rings is 1. The molecule has 3 aromatic carbocycles. The van der Waals surface area contributed by atoms with Gasteiger partial charge in [-0.3, -0.25) is 4.57 Å². The van der Waals surface area contributed by atoms with Crippen LogP contribution >= 0.6 is 0 Å². The lowest BCUT2D eigenvalue weighted by Gasteiger charge is -2.11. The second-order valence-electron chi connectivity index (χ2n) is 7.62. The average molecular weight is 473 g/mol. The Hall–Kier alpha value is -4.21. The van der Waals surface area contributed by atoms with Crippen molar-refractivity contribution in [1.29, 1.82) is 0 Å². The third kappa shape index (κ3) is 3.76. The molecule has 0 spiro atoms. The zero-order chi connectivity index (χ0) is 23.9. The molecule has 5 rings (SSSR count). The van der Waals surface area contributed by atoms with E-state index in [0.717, 1.165) is 11.4 Å². The van der Waals surface area contributed by atoms with Gasteiger partial charge in [-0.25, -0.2) is 23.5 Å². The van der Waals surface area contributed by atoms with Crippen LogP contribution in [0.1, 0.15) is 0 Å². The molecule has 0 bridgehead atoms. The highest BCUT2D eigenvalue weighted by Gasteiger charge is 2.18. The van der Waals surface area contributed by atoms with E-state index in [9.17, 15) is 13.5 Å². The van der Waals surface area contributed by atoms with Gasteiger partial charge in [0.15, 0.2) is 5.75 Å². The largest absolute Gasteiger partial charge is 0.504 e. The third-order valence-electron chi connectivity index (χ3n) is 5.57. The van der Waals surface area contributed by atoms with E-state index in [1.165, 1.54) is 6.07 Å². The molecule has 9 heteroatoms. The highest BCUT2D eigenvalue weighted by atomic mass is 32.2. The lowest BCUT2D eigenvalue weighted by Crippen LogP contribution is -2.13. The fraction of sp³-hybridized carbons (Fsp3) is 0.0400. The van der Waals surface area contributed by atoms with Crippen LogP contribution in [0.15, 0.2) is 90.2 Å². The maximum atomic E-state index is 12.0. The van der Waals surface area contributed by atoms with Gasteiger partial charge in [0.05, 0.1) is 18.2 Å². The number of ether oxygens (including phenoxy) is 1. The number of hydrogen-bond donors (Lipinski definition) is 2. The molecular formula is C25H20N4O4S. The summed E-state index contributed by atoms with van der Waals surface area (Å²) in [5, 5.41) is 16.5. The molecule has 0 fully saturated rings.